The van der Waals surface area contributed by atoms with Crippen molar-refractivity contribution in [1.82, 2.24) is 0 Å². The molecule has 0 saturated carbocycles. The molecule has 1 fully saturated rings. The number of rotatable bonds is 3. The van der Waals surface area contributed by atoms with Gasteiger partial charge in [-0.15, -0.1) is 0 Å². The summed E-state index contributed by atoms with van der Waals surface area (Å²) in [6.45, 7) is 7.34. The van der Waals surface area contributed by atoms with Gasteiger partial charge >= 0.3 is 0 Å². The predicted molar refractivity (Wildman–Crippen MR) is 87.9 cm³/mol. The van der Waals surface area contributed by atoms with E-state index in [9.17, 15) is 0 Å². The van der Waals surface area contributed by atoms with Gasteiger partial charge in [0.25, 0.3) is 0 Å². The first-order valence-corrected chi connectivity index (χ1v) is 8.38. The Hall–Kier alpha value is -0.0600. The average molecular weight is 391 g/mol. The normalized spacial score (nSPS) is 27.3. The summed E-state index contributed by atoms with van der Waals surface area (Å²) >= 11 is 7.29. The van der Waals surface area contributed by atoms with Crippen LogP contribution in [0.4, 0.5) is 5.69 Å². The number of hydrogen-bond acceptors (Lipinski definition) is 2. The molecular weight excluding hydrogens is 370 g/mol. The van der Waals surface area contributed by atoms with Crippen molar-refractivity contribution in [3.8, 4) is 0 Å². The van der Waals surface area contributed by atoms with Crippen molar-refractivity contribution in [2.75, 3.05) is 11.9 Å². The van der Waals surface area contributed by atoms with E-state index in [2.05, 4.69) is 70.1 Å². The number of aryl methyl sites for hydroxylation is 1. The molecule has 2 atom stereocenters. The Bertz CT molecular complexity index is 440. The summed E-state index contributed by atoms with van der Waals surface area (Å²) in [5.74, 6) is 0. The van der Waals surface area contributed by atoms with Crippen molar-refractivity contribution >= 4 is 37.5 Å². The van der Waals surface area contributed by atoms with Crippen molar-refractivity contribution in [2.24, 2.45) is 0 Å². The van der Waals surface area contributed by atoms with E-state index in [-0.39, 0.29) is 5.60 Å². The molecule has 0 radical (unpaired) electrons. The first-order chi connectivity index (χ1) is 8.93. The average Bonchev–Trinajstić information content (AvgIpc) is 2.34. The first kappa shape index (κ1) is 15.3. The largest absolute Gasteiger partial charge is 0.380 e. The Morgan fingerprint density at radius 2 is 2.00 bits per heavy atom. The third kappa shape index (κ3) is 3.73. The van der Waals surface area contributed by atoms with Gasteiger partial charge in [-0.05, 0) is 82.7 Å². The lowest BCUT2D eigenvalue weighted by Crippen LogP contribution is -2.41. The summed E-state index contributed by atoms with van der Waals surface area (Å²) in [7, 11) is 0. The van der Waals surface area contributed by atoms with Gasteiger partial charge in [-0.25, -0.2) is 0 Å². The highest BCUT2D eigenvalue weighted by molar-refractivity contribution is 9.11. The Balaban J connectivity index is 2.13. The van der Waals surface area contributed by atoms with Gasteiger partial charge in [0.15, 0.2) is 0 Å². The van der Waals surface area contributed by atoms with E-state index in [1.807, 2.05) is 0 Å². The molecule has 2 unspecified atom stereocenters. The second kappa shape index (κ2) is 6.15. The standard InChI is InChI=1S/C15H21Br2NO/c1-4-15(3)9-11(5-6-19-15)18-14-12(16)7-10(2)8-13(14)17/h7-8,11,18H,4-6,9H2,1-3H3. The van der Waals surface area contributed by atoms with Crippen LogP contribution in [0.1, 0.15) is 38.7 Å². The van der Waals surface area contributed by atoms with Crippen molar-refractivity contribution in [3.05, 3.63) is 26.6 Å². The molecular formula is C15H21Br2NO. The summed E-state index contributed by atoms with van der Waals surface area (Å²) in [4.78, 5) is 0. The third-order valence-electron chi connectivity index (χ3n) is 3.88. The number of nitrogens with one attached hydrogen (secondary N) is 1. The second-order valence-corrected chi connectivity index (χ2v) is 7.30. The molecule has 1 heterocycles. The highest BCUT2D eigenvalue weighted by Gasteiger charge is 2.31. The van der Waals surface area contributed by atoms with E-state index in [1.54, 1.807) is 0 Å². The summed E-state index contributed by atoms with van der Waals surface area (Å²) in [6.07, 6.45) is 3.17. The van der Waals surface area contributed by atoms with Crippen molar-refractivity contribution < 1.29 is 4.74 Å². The van der Waals surface area contributed by atoms with Crippen molar-refractivity contribution in [3.63, 3.8) is 0 Å². The lowest BCUT2D eigenvalue weighted by atomic mass is 9.90. The Morgan fingerprint density at radius 3 is 2.58 bits per heavy atom. The van der Waals surface area contributed by atoms with Gasteiger partial charge in [-0.2, -0.15) is 0 Å². The molecule has 19 heavy (non-hydrogen) atoms. The van der Waals surface area contributed by atoms with Gasteiger partial charge in [-0.1, -0.05) is 6.92 Å². The minimum absolute atomic E-state index is 0.0135. The molecule has 2 nitrogen and oxygen atoms in total. The fourth-order valence-electron chi connectivity index (χ4n) is 2.54. The van der Waals surface area contributed by atoms with Crippen molar-refractivity contribution in [2.45, 2.75) is 51.7 Å². The molecule has 1 N–H and O–H groups in total. The van der Waals surface area contributed by atoms with Gasteiger partial charge in [0, 0.05) is 21.6 Å². The first-order valence-electron chi connectivity index (χ1n) is 6.79. The van der Waals surface area contributed by atoms with E-state index < -0.39 is 0 Å². The molecule has 106 valence electrons. The molecule has 0 bridgehead atoms. The molecule has 0 amide bonds. The monoisotopic (exact) mass is 389 g/mol. The molecule has 1 aliphatic heterocycles. The van der Waals surface area contributed by atoms with Gasteiger partial charge in [-0.3, -0.25) is 0 Å². The summed E-state index contributed by atoms with van der Waals surface area (Å²) < 4.78 is 8.13. The maximum absolute atomic E-state index is 5.90. The summed E-state index contributed by atoms with van der Waals surface area (Å²) in [5.41, 5.74) is 2.41. The van der Waals surface area contributed by atoms with Gasteiger partial charge in [0.1, 0.15) is 0 Å². The third-order valence-corrected chi connectivity index (χ3v) is 5.13. The maximum Gasteiger partial charge on any atom is 0.0671 e. The molecule has 1 aromatic rings. The van der Waals surface area contributed by atoms with Crippen molar-refractivity contribution in [1.29, 1.82) is 0 Å². The van der Waals surface area contributed by atoms with Crippen LogP contribution in [0.5, 0.6) is 0 Å². The summed E-state index contributed by atoms with van der Waals surface area (Å²) in [6, 6.07) is 4.76. The quantitative estimate of drug-likeness (QED) is 0.757. The van der Waals surface area contributed by atoms with Crippen LogP contribution in [-0.2, 0) is 4.74 Å². The van der Waals surface area contributed by atoms with E-state index in [1.165, 1.54) is 5.56 Å². The predicted octanol–water partition coefficient (Wildman–Crippen LogP) is 5.28. The number of halogens is 2. The van der Waals surface area contributed by atoms with Gasteiger partial charge < -0.3 is 10.1 Å². The molecule has 0 spiro atoms. The molecule has 0 aliphatic carbocycles. The van der Waals surface area contributed by atoms with Crippen LogP contribution in [0.15, 0.2) is 21.1 Å². The lowest BCUT2D eigenvalue weighted by Gasteiger charge is -2.38. The van der Waals surface area contributed by atoms with Crippen LogP contribution in [0, 0.1) is 6.92 Å². The molecule has 4 heteroatoms. The number of ether oxygens (including phenoxy) is 1. The van der Waals surface area contributed by atoms with Crippen LogP contribution in [0.2, 0.25) is 0 Å². The topological polar surface area (TPSA) is 21.3 Å². The SMILES string of the molecule is CCC1(C)CC(Nc2c(Br)cc(C)cc2Br)CCO1. The Morgan fingerprint density at radius 1 is 1.37 bits per heavy atom. The molecule has 1 saturated heterocycles. The van der Waals surface area contributed by atoms with Crippen LogP contribution >= 0.6 is 31.9 Å². The van der Waals surface area contributed by atoms with Gasteiger partial charge in [0.05, 0.1) is 11.3 Å². The Kier molecular flexibility index (Phi) is 4.96. The van der Waals surface area contributed by atoms with E-state index in [0.717, 1.165) is 40.5 Å². The van der Waals surface area contributed by atoms with E-state index in [4.69, 9.17) is 4.74 Å². The zero-order valence-corrected chi connectivity index (χ0v) is 14.9. The molecule has 2 rings (SSSR count). The minimum Gasteiger partial charge on any atom is -0.380 e. The van der Waals surface area contributed by atoms with Gasteiger partial charge in [0.2, 0.25) is 0 Å². The van der Waals surface area contributed by atoms with Crippen LogP contribution in [-0.4, -0.2) is 18.2 Å². The Labute approximate surface area is 132 Å². The smallest absolute Gasteiger partial charge is 0.0671 e. The fourth-order valence-corrected chi connectivity index (χ4v) is 4.19. The minimum atomic E-state index is 0.0135. The number of benzene rings is 1. The van der Waals surface area contributed by atoms with Crippen LogP contribution < -0.4 is 5.32 Å². The van der Waals surface area contributed by atoms with E-state index in [0.29, 0.717) is 6.04 Å². The fraction of sp³-hybridized carbons (Fsp3) is 0.600. The lowest BCUT2D eigenvalue weighted by molar-refractivity contribution is -0.0709. The zero-order chi connectivity index (χ0) is 14.0. The zero-order valence-electron chi connectivity index (χ0n) is 11.7. The second-order valence-electron chi connectivity index (χ2n) is 5.59. The highest BCUT2D eigenvalue weighted by Crippen LogP contribution is 2.36. The maximum atomic E-state index is 5.90. The molecule has 1 aromatic carbocycles. The highest BCUT2D eigenvalue weighted by atomic mass is 79.9. The summed E-state index contributed by atoms with van der Waals surface area (Å²) in [5, 5.41) is 3.66. The van der Waals surface area contributed by atoms with Crippen LogP contribution in [0.3, 0.4) is 0 Å². The van der Waals surface area contributed by atoms with Crippen LogP contribution in [0.25, 0.3) is 0 Å². The number of hydrogen-bond donors (Lipinski definition) is 1. The molecule has 0 aromatic heterocycles. The van der Waals surface area contributed by atoms with E-state index >= 15 is 0 Å². The molecule has 1 aliphatic rings. The number of anilines is 1.